The van der Waals surface area contributed by atoms with Gasteiger partial charge in [0.1, 0.15) is 0 Å². The van der Waals surface area contributed by atoms with Crippen LogP contribution in [0, 0.1) is 0 Å². The number of hydrogen-bond donors (Lipinski definition) is 1. The highest BCUT2D eigenvalue weighted by Crippen LogP contribution is 2.20. The van der Waals surface area contributed by atoms with Gasteiger partial charge < -0.3 is 4.90 Å². The van der Waals surface area contributed by atoms with Gasteiger partial charge in [-0.05, 0) is 32.9 Å². The maximum atomic E-state index is 10.7. The smallest absolute Gasteiger partial charge is 0.303 e. The van der Waals surface area contributed by atoms with E-state index in [4.69, 9.17) is 13.0 Å². The Labute approximate surface area is 106 Å². The monoisotopic (exact) mass is 291 g/mol. The molecule has 18 heavy (non-hydrogen) atoms. The Morgan fingerprint density at radius 2 is 1.83 bits per heavy atom. The SMILES string of the molecule is CCCC1CCCCN1C.O=S(=O)(O)C(F)(F)F. The third-order valence-corrected chi connectivity index (χ3v) is 3.42. The minimum atomic E-state index is -5.84. The van der Waals surface area contributed by atoms with Crippen molar-refractivity contribution in [3.05, 3.63) is 0 Å². The van der Waals surface area contributed by atoms with E-state index < -0.39 is 15.6 Å². The molecule has 0 saturated carbocycles. The second kappa shape index (κ2) is 7.30. The van der Waals surface area contributed by atoms with Crippen LogP contribution in [-0.2, 0) is 10.1 Å². The molecule has 1 unspecified atom stereocenters. The van der Waals surface area contributed by atoms with Gasteiger partial charge in [0, 0.05) is 6.04 Å². The minimum Gasteiger partial charge on any atom is -0.303 e. The fourth-order valence-electron chi connectivity index (χ4n) is 1.84. The molecule has 0 aromatic carbocycles. The largest absolute Gasteiger partial charge is 0.522 e. The van der Waals surface area contributed by atoms with Crippen molar-refractivity contribution in [3.8, 4) is 0 Å². The summed E-state index contributed by atoms with van der Waals surface area (Å²) < 4.78 is 57.5. The van der Waals surface area contributed by atoms with Gasteiger partial charge in [-0.25, -0.2) is 0 Å². The van der Waals surface area contributed by atoms with Gasteiger partial charge in [0.15, 0.2) is 0 Å². The van der Waals surface area contributed by atoms with E-state index in [1.54, 1.807) is 0 Å². The number of hydrogen-bond acceptors (Lipinski definition) is 3. The molecule has 0 aromatic heterocycles. The van der Waals surface area contributed by atoms with Crippen LogP contribution in [0.2, 0.25) is 0 Å². The van der Waals surface area contributed by atoms with Crippen molar-refractivity contribution in [1.82, 2.24) is 4.90 Å². The summed E-state index contributed by atoms with van der Waals surface area (Å²) in [5, 5.41) is 0. The van der Waals surface area contributed by atoms with Crippen molar-refractivity contribution in [1.29, 1.82) is 0 Å². The number of likely N-dealkylation sites (tertiary alicyclic amines) is 1. The molecule has 0 amide bonds. The lowest BCUT2D eigenvalue weighted by molar-refractivity contribution is -0.0510. The second-order valence-corrected chi connectivity index (χ2v) is 5.75. The molecule has 0 radical (unpaired) electrons. The molecule has 1 rings (SSSR count). The van der Waals surface area contributed by atoms with E-state index in [1.165, 1.54) is 38.6 Å². The summed E-state index contributed by atoms with van der Waals surface area (Å²) in [7, 11) is -3.58. The lowest BCUT2D eigenvalue weighted by atomic mass is 9.99. The van der Waals surface area contributed by atoms with Crippen LogP contribution >= 0.6 is 0 Å². The molecule has 1 aliphatic rings. The highest BCUT2D eigenvalue weighted by atomic mass is 32.2. The zero-order chi connectivity index (χ0) is 14.4. The van der Waals surface area contributed by atoms with E-state index in [0.29, 0.717) is 0 Å². The predicted octanol–water partition coefficient (Wildman–Crippen LogP) is 2.66. The van der Waals surface area contributed by atoms with Crippen LogP contribution in [0.25, 0.3) is 0 Å². The molecule has 0 aliphatic carbocycles. The van der Waals surface area contributed by atoms with E-state index >= 15 is 0 Å². The number of nitrogens with zero attached hydrogens (tertiary/aromatic N) is 1. The molecule has 0 bridgehead atoms. The predicted molar refractivity (Wildman–Crippen MR) is 62.8 cm³/mol. The Bertz CT molecular complexity index is 328. The average Bonchev–Trinajstić information content (AvgIpc) is 2.20. The fourth-order valence-corrected chi connectivity index (χ4v) is 1.84. The van der Waals surface area contributed by atoms with Crippen molar-refractivity contribution >= 4 is 10.1 Å². The number of halogens is 3. The lowest BCUT2D eigenvalue weighted by Gasteiger charge is -2.32. The van der Waals surface area contributed by atoms with Gasteiger partial charge in [0.05, 0.1) is 0 Å². The summed E-state index contributed by atoms with van der Waals surface area (Å²) in [6.07, 6.45) is 7.04. The van der Waals surface area contributed by atoms with Gasteiger partial charge in [-0.3, -0.25) is 4.55 Å². The second-order valence-electron chi connectivity index (χ2n) is 4.34. The summed E-state index contributed by atoms with van der Waals surface area (Å²) in [6.45, 7) is 3.60. The van der Waals surface area contributed by atoms with Gasteiger partial charge in [-0.1, -0.05) is 19.8 Å². The van der Waals surface area contributed by atoms with E-state index in [2.05, 4.69) is 18.9 Å². The van der Waals surface area contributed by atoms with E-state index in [1.807, 2.05) is 0 Å². The minimum absolute atomic E-state index is 0.902. The average molecular weight is 291 g/mol. The van der Waals surface area contributed by atoms with E-state index in [0.717, 1.165) is 6.04 Å². The van der Waals surface area contributed by atoms with Gasteiger partial charge in [0.2, 0.25) is 0 Å². The Morgan fingerprint density at radius 3 is 2.17 bits per heavy atom. The van der Waals surface area contributed by atoms with Crippen LogP contribution in [0.1, 0.15) is 39.0 Å². The van der Waals surface area contributed by atoms with Crippen LogP contribution in [0.15, 0.2) is 0 Å². The Hall–Kier alpha value is -0.340. The molecule has 1 atom stereocenters. The summed E-state index contributed by atoms with van der Waals surface area (Å²) in [6, 6.07) is 0.902. The van der Waals surface area contributed by atoms with Crippen LogP contribution in [0.3, 0.4) is 0 Å². The number of alkyl halides is 3. The first-order valence-corrected chi connectivity index (χ1v) is 7.27. The van der Waals surface area contributed by atoms with Crippen molar-refractivity contribution in [2.75, 3.05) is 13.6 Å². The molecule has 1 fully saturated rings. The summed E-state index contributed by atoms with van der Waals surface area (Å²) in [5.74, 6) is 0. The van der Waals surface area contributed by atoms with Crippen molar-refractivity contribution in [2.45, 2.75) is 50.6 Å². The highest BCUT2D eigenvalue weighted by Gasteiger charge is 2.44. The molecular weight excluding hydrogens is 271 g/mol. The van der Waals surface area contributed by atoms with Crippen LogP contribution in [-0.4, -0.2) is 43.0 Å². The maximum absolute atomic E-state index is 10.7. The van der Waals surface area contributed by atoms with Gasteiger partial charge in [-0.2, -0.15) is 21.6 Å². The third kappa shape index (κ3) is 6.55. The number of rotatable bonds is 2. The lowest BCUT2D eigenvalue weighted by Crippen LogP contribution is -2.35. The van der Waals surface area contributed by atoms with Gasteiger partial charge in [-0.15, -0.1) is 0 Å². The quantitative estimate of drug-likeness (QED) is 0.628. The molecule has 0 aromatic rings. The summed E-state index contributed by atoms with van der Waals surface area (Å²) in [5.41, 5.74) is -5.53. The zero-order valence-electron chi connectivity index (χ0n) is 10.6. The number of piperidine rings is 1. The molecule has 1 saturated heterocycles. The van der Waals surface area contributed by atoms with E-state index in [9.17, 15) is 13.2 Å². The van der Waals surface area contributed by atoms with Crippen LogP contribution in [0.4, 0.5) is 13.2 Å². The Morgan fingerprint density at radius 1 is 1.33 bits per heavy atom. The van der Waals surface area contributed by atoms with Gasteiger partial charge in [0.25, 0.3) is 0 Å². The molecule has 0 spiro atoms. The topological polar surface area (TPSA) is 57.6 Å². The first-order valence-electron chi connectivity index (χ1n) is 5.83. The molecule has 4 nitrogen and oxygen atoms in total. The zero-order valence-corrected chi connectivity index (χ0v) is 11.4. The van der Waals surface area contributed by atoms with Crippen molar-refractivity contribution in [2.24, 2.45) is 0 Å². The fraction of sp³-hybridized carbons (Fsp3) is 1.00. The first kappa shape index (κ1) is 17.7. The first-order chi connectivity index (χ1) is 8.09. The molecule has 1 aliphatic heterocycles. The molecule has 1 N–H and O–H groups in total. The summed E-state index contributed by atoms with van der Waals surface area (Å²) >= 11 is 0. The van der Waals surface area contributed by atoms with Crippen molar-refractivity contribution in [3.63, 3.8) is 0 Å². The molecule has 8 heteroatoms. The molecular formula is C10H20F3NO3S. The third-order valence-electron chi connectivity index (χ3n) is 2.84. The summed E-state index contributed by atoms with van der Waals surface area (Å²) in [4.78, 5) is 2.52. The van der Waals surface area contributed by atoms with Crippen molar-refractivity contribution < 1.29 is 26.1 Å². The Balaban J connectivity index is 0.000000331. The van der Waals surface area contributed by atoms with Gasteiger partial charge >= 0.3 is 15.6 Å². The molecule has 1 heterocycles. The van der Waals surface area contributed by atoms with Crippen LogP contribution < -0.4 is 0 Å². The Kier molecular flexibility index (Phi) is 7.16. The standard InChI is InChI=1S/C9H19N.CHF3O3S/c1-3-6-9-7-4-5-8-10(9)2;2-1(3,4)8(5,6)7/h9H,3-8H2,1-2H3;(H,5,6,7). The van der Waals surface area contributed by atoms with Crippen LogP contribution in [0.5, 0.6) is 0 Å². The maximum Gasteiger partial charge on any atom is 0.522 e. The molecule has 110 valence electrons. The highest BCUT2D eigenvalue weighted by molar-refractivity contribution is 7.86. The normalized spacial score (nSPS) is 22.2. The van der Waals surface area contributed by atoms with E-state index in [-0.39, 0.29) is 0 Å².